The first-order valence-corrected chi connectivity index (χ1v) is 5.56. The summed E-state index contributed by atoms with van der Waals surface area (Å²) >= 11 is 5.72. The van der Waals surface area contributed by atoms with Crippen molar-refractivity contribution < 1.29 is 19.8 Å². The minimum atomic E-state index is -0.979. The molecule has 0 aliphatic rings. The van der Waals surface area contributed by atoms with Gasteiger partial charge in [0.15, 0.2) is 0 Å². The molecule has 0 fully saturated rings. The normalized spacial score (nSPS) is 12.1. The zero-order valence-corrected chi connectivity index (χ0v) is 9.85. The lowest BCUT2D eigenvalue weighted by molar-refractivity contribution is -0.142. The molecule has 0 aliphatic carbocycles. The molecule has 1 atom stereocenters. The van der Waals surface area contributed by atoms with Gasteiger partial charge in [0.2, 0.25) is 0 Å². The Kier molecular flexibility index (Phi) is 4.97. The maximum atomic E-state index is 11.0. The fourth-order valence-electron chi connectivity index (χ4n) is 1.52. The van der Waals surface area contributed by atoms with Crippen LogP contribution >= 0.6 is 11.6 Å². The van der Waals surface area contributed by atoms with Gasteiger partial charge in [-0.05, 0) is 30.5 Å². The van der Waals surface area contributed by atoms with Gasteiger partial charge in [-0.25, -0.2) is 0 Å². The maximum Gasteiger partial charge on any atom is 0.306 e. The fourth-order valence-corrected chi connectivity index (χ4v) is 1.64. The smallest absolute Gasteiger partial charge is 0.306 e. The zero-order valence-electron chi connectivity index (χ0n) is 9.10. The van der Waals surface area contributed by atoms with Gasteiger partial charge in [-0.1, -0.05) is 23.7 Å². The Hall–Kier alpha value is -1.55. The van der Waals surface area contributed by atoms with Crippen molar-refractivity contribution in [3.63, 3.8) is 0 Å². The first-order chi connectivity index (χ1) is 7.99. The van der Waals surface area contributed by atoms with E-state index in [0.717, 1.165) is 5.56 Å². The van der Waals surface area contributed by atoms with Crippen LogP contribution in [0.5, 0.6) is 0 Å². The van der Waals surface area contributed by atoms with Gasteiger partial charge in [-0.15, -0.1) is 0 Å². The van der Waals surface area contributed by atoms with Crippen molar-refractivity contribution in [2.45, 2.75) is 19.3 Å². The molecule has 0 aliphatic heterocycles. The number of carbonyl (C=O) groups is 2. The van der Waals surface area contributed by atoms with Crippen LogP contribution in [0.1, 0.15) is 18.4 Å². The third-order valence-electron chi connectivity index (χ3n) is 2.45. The van der Waals surface area contributed by atoms with Crippen LogP contribution in [0.25, 0.3) is 0 Å². The SMILES string of the molecule is O=C(O)CC[C@H](Cc1ccc(Cl)cc1)C(=O)O. The van der Waals surface area contributed by atoms with Gasteiger partial charge >= 0.3 is 11.9 Å². The van der Waals surface area contributed by atoms with Gasteiger partial charge in [-0.3, -0.25) is 9.59 Å². The van der Waals surface area contributed by atoms with Crippen molar-refractivity contribution in [1.29, 1.82) is 0 Å². The largest absolute Gasteiger partial charge is 0.481 e. The molecular formula is C12H13ClO4. The number of carboxylic acid groups (broad SMARTS) is 2. The lowest BCUT2D eigenvalue weighted by Crippen LogP contribution is -2.17. The Bertz CT molecular complexity index is 399. The molecule has 1 rings (SSSR count). The van der Waals surface area contributed by atoms with E-state index in [9.17, 15) is 9.59 Å². The second-order valence-corrected chi connectivity index (χ2v) is 4.23. The first kappa shape index (κ1) is 13.5. The van der Waals surface area contributed by atoms with Crippen LogP contribution in [0.3, 0.4) is 0 Å². The van der Waals surface area contributed by atoms with E-state index in [2.05, 4.69) is 0 Å². The molecule has 0 aromatic heterocycles. The third-order valence-corrected chi connectivity index (χ3v) is 2.70. The Labute approximate surface area is 104 Å². The van der Waals surface area contributed by atoms with E-state index < -0.39 is 17.9 Å². The molecule has 92 valence electrons. The molecule has 0 amide bonds. The predicted molar refractivity (Wildman–Crippen MR) is 63.2 cm³/mol. The topological polar surface area (TPSA) is 74.6 Å². The minimum absolute atomic E-state index is 0.132. The second kappa shape index (κ2) is 6.25. The Morgan fingerprint density at radius 2 is 1.76 bits per heavy atom. The maximum absolute atomic E-state index is 11.0. The Balaban J connectivity index is 2.63. The summed E-state index contributed by atoms with van der Waals surface area (Å²) in [6, 6.07) is 6.87. The van der Waals surface area contributed by atoms with E-state index in [-0.39, 0.29) is 12.8 Å². The van der Waals surface area contributed by atoms with Crippen LogP contribution in [0.2, 0.25) is 5.02 Å². The third kappa shape index (κ3) is 4.87. The molecule has 4 nitrogen and oxygen atoms in total. The van der Waals surface area contributed by atoms with Crippen molar-refractivity contribution in [2.75, 3.05) is 0 Å². The zero-order chi connectivity index (χ0) is 12.8. The summed E-state index contributed by atoms with van der Waals surface area (Å²) in [6.45, 7) is 0. The summed E-state index contributed by atoms with van der Waals surface area (Å²) in [5.41, 5.74) is 0.840. The number of hydrogen-bond donors (Lipinski definition) is 2. The summed E-state index contributed by atoms with van der Waals surface area (Å²) < 4.78 is 0. The monoisotopic (exact) mass is 256 g/mol. The molecule has 1 aromatic rings. The summed E-state index contributed by atoms with van der Waals surface area (Å²) in [4.78, 5) is 21.4. The average Bonchev–Trinajstić information content (AvgIpc) is 2.26. The molecule has 0 heterocycles. The van der Waals surface area contributed by atoms with E-state index in [0.29, 0.717) is 11.4 Å². The van der Waals surface area contributed by atoms with E-state index in [1.807, 2.05) is 0 Å². The number of aliphatic carboxylic acids is 2. The highest BCUT2D eigenvalue weighted by atomic mass is 35.5. The van der Waals surface area contributed by atoms with Crippen LogP contribution in [0.15, 0.2) is 24.3 Å². The van der Waals surface area contributed by atoms with Crippen molar-refractivity contribution in [3.05, 3.63) is 34.9 Å². The van der Waals surface area contributed by atoms with Crippen LogP contribution in [-0.2, 0) is 16.0 Å². The molecule has 2 N–H and O–H groups in total. The molecule has 0 saturated heterocycles. The molecular weight excluding hydrogens is 244 g/mol. The average molecular weight is 257 g/mol. The van der Waals surface area contributed by atoms with Crippen molar-refractivity contribution in [1.82, 2.24) is 0 Å². The lowest BCUT2D eigenvalue weighted by Gasteiger charge is -2.11. The molecule has 1 aromatic carbocycles. The number of rotatable bonds is 6. The molecule has 5 heteroatoms. The molecule has 0 radical (unpaired) electrons. The summed E-state index contributed by atoms with van der Waals surface area (Å²) in [6.07, 6.45) is 0.317. The van der Waals surface area contributed by atoms with Crippen LogP contribution < -0.4 is 0 Å². The quantitative estimate of drug-likeness (QED) is 0.820. The van der Waals surface area contributed by atoms with Gasteiger partial charge in [-0.2, -0.15) is 0 Å². The Morgan fingerprint density at radius 1 is 1.18 bits per heavy atom. The van der Waals surface area contributed by atoms with Gasteiger partial charge in [0.1, 0.15) is 0 Å². The van der Waals surface area contributed by atoms with Crippen LogP contribution in [0.4, 0.5) is 0 Å². The summed E-state index contributed by atoms with van der Waals surface area (Å²) in [5.74, 6) is -2.62. The summed E-state index contributed by atoms with van der Waals surface area (Å²) in [5, 5.41) is 18.1. The van der Waals surface area contributed by atoms with Crippen LogP contribution in [-0.4, -0.2) is 22.2 Å². The van der Waals surface area contributed by atoms with E-state index in [4.69, 9.17) is 21.8 Å². The summed E-state index contributed by atoms with van der Waals surface area (Å²) in [7, 11) is 0. The number of halogens is 1. The highest BCUT2D eigenvalue weighted by molar-refractivity contribution is 6.30. The number of benzene rings is 1. The highest BCUT2D eigenvalue weighted by Gasteiger charge is 2.19. The standard InChI is InChI=1S/C12H13ClO4/c13-10-4-1-8(2-5-10)7-9(12(16)17)3-6-11(14)15/h1-2,4-5,9H,3,6-7H2,(H,14,15)(H,16,17)/t9-/m1/s1. The van der Waals surface area contributed by atoms with E-state index >= 15 is 0 Å². The first-order valence-electron chi connectivity index (χ1n) is 5.18. The molecule has 0 unspecified atom stereocenters. The van der Waals surface area contributed by atoms with Gasteiger partial charge in [0, 0.05) is 11.4 Å². The molecule has 0 spiro atoms. The highest BCUT2D eigenvalue weighted by Crippen LogP contribution is 2.17. The second-order valence-electron chi connectivity index (χ2n) is 3.80. The number of hydrogen-bond acceptors (Lipinski definition) is 2. The van der Waals surface area contributed by atoms with Gasteiger partial charge in [0.25, 0.3) is 0 Å². The predicted octanol–water partition coefficient (Wildman–Crippen LogP) is 2.45. The van der Waals surface area contributed by atoms with Gasteiger partial charge in [0.05, 0.1) is 5.92 Å². The van der Waals surface area contributed by atoms with Crippen molar-refractivity contribution in [3.8, 4) is 0 Å². The van der Waals surface area contributed by atoms with Crippen LogP contribution in [0, 0.1) is 5.92 Å². The molecule has 0 saturated carbocycles. The minimum Gasteiger partial charge on any atom is -0.481 e. The fraction of sp³-hybridized carbons (Fsp3) is 0.333. The van der Waals surface area contributed by atoms with Crippen molar-refractivity contribution in [2.24, 2.45) is 5.92 Å². The molecule has 17 heavy (non-hydrogen) atoms. The Morgan fingerprint density at radius 3 is 2.24 bits per heavy atom. The van der Waals surface area contributed by atoms with E-state index in [1.165, 1.54) is 0 Å². The van der Waals surface area contributed by atoms with E-state index in [1.54, 1.807) is 24.3 Å². The number of carboxylic acids is 2. The van der Waals surface area contributed by atoms with Crippen molar-refractivity contribution >= 4 is 23.5 Å². The van der Waals surface area contributed by atoms with Gasteiger partial charge < -0.3 is 10.2 Å². The molecule has 0 bridgehead atoms. The lowest BCUT2D eigenvalue weighted by atomic mass is 9.95.